The smallest absolute Gasteiger partial charge is 0.257 e. The Morgan fingerprint density at radius 1 is 1.16 bits per heavy atom. The first-order chi connectivity index (χ1) is 15.2. The van der Waals surface area contributed by atoms with Crippen LogP contribution < -0.4 is 26.2 Å². The van der Waals surface area contributed by atoms with Crippen LogP contribution in [0.4, 0.5) is 21.5 Å². The lowest BCUT2D eigenvalue weighted by molar-refractivity contribution is 0.0824. The molecule has 0 fully saturated rings. The lowest BCUT2D eigenvalue weighted by Gasteiger charge is -2.23. The molecule has 0 spiro atoms. The average molecular weight is 441 g/mol. The van der Waals surface area contributed by atoms with Gasteiger partial charge in [-0.05, 0) is 36.2 Å². The standard InChI is InChI=1S/C23H24FN3O5/c1-5-15(12-9-10-17(32-4)14(24)11-12)25-18-19(22(30)21(18)29)26-16-8-6-7-13(20(16)28)23(31)27(2)3/h6-11,15,25-26,28H,5H2,1-4H3/t15-/m1/s1. The van der Waals surface area contributed by atoms with Crippen molar-refractivity contribution in [2.75, 3.05) is 31.8 Å². The second-order valence-electron chi connectivity index (χ2n) is 7.43. The lowest BCUT2D eigenvalue weighted by atomic mass is 10.0. The van der Waals surface area contributed by atoms with E-state index in [9.17, 15) is 23.9 Å². The molecule has 9 heteroatoms. The van der Waals surface area contributed by atoms with Crippen molar-refractivity contribution in [1.82, 2.24) is 4.90 Å². The molecule has 168 valence electrons. The van der Waals surface area contributed by atoms with E-state index in [0.29, 0.717) is 12.0 Å². The number of halogens is 1. The Kier molecular flexibility index (Phi) is 6.47. The zero-order valence-corrected chi connectivity index (χ0v) is 18.2. The summed E-state index contributed by atoms with van der Waals surface area (Å²) < 4.78 is 19.1. The monoisotopic (exact) mass is 441 g/mol. The summed E-state index contributed by atoms with van der Waals surface area (Å²) in [7, 11) is 4.46. The number of phenols is 1. The predicted octanol–water partition coefficient (Wildman–Crippen LogP) is 3.14. The van der Waals surface area contributed by atoms with Gasteiger partial charge in [0.15, 0.2) is 17.3 Å². The van der Waals surface area contributed by atoms with Gasteiger partial charge < -0.3 is 25.4 Å². The van der Waals surface area contributed by atoms with Crippen molar-refractivity contribution in [2.45, 2.75) is 19.4 Å². The molecular weight excluding hydrogens is 417 g/mol. The molecule has 0 heterocycles. The highest BCUT2D eigenvalue weighted by molar-refractivity contribution is 5.99. The van der Waals surface area contributed by atoms with E-state index in [0.717, 1.165) is 0 Å². The van der Waals surface area contributed by atoms with Crippen LogP contribution in [0.15, 0.2) is 46.0 Å². The number of para-hydroxylation sites is 1. The van der Waals surface area contributed by atoms with Gasteiger partial charge in [-0.2, -0.15) is 0 Å². The van der Waals surface area contributed by atoms with Gasteiger partial charge in [0, 0.05) is 14.1 Å². The topological polar surface area (TPSA) is 108 Å². The van der Waals surface area contributed by atoms with E-state index in [1.54, 1.807) is 26.2 Å². The third-order valence-corrected chi connectivity index (χ3v) is 5.15. The normalized spacial score (nSPS) is 11.8. The Labute approximate surface area is 183 Å². The summed E-state index contributed by atoms with van der Waals surface area (Å²) in [5.41, 5.74) is -0.753. The van der Waals surface area contributed by atoms with Gasteiger partial charge in [0.25, 0.3) is 16.8 Å². The summed E-state index contributed by atoms with van der Waals surface area (Å²) in [6.07, 6.45) is 0.502. The van der Waals surface area contributed by atoms with Gasteiger partial charge in [-0.3, -0.25) is 14.4 Å². The number of phenolic OH excluding ortho intramolecular Hbond substituents is 1. The second kappa shape index (κ2) is 9.09. The molecule has 0 aromatic heterocycles. The van der Waals surface area contributed by atoms with E-state index >= 15 is 0 Å². The van der Waals surface area contributed by atoms with E-state index in [2.05, 4.69) is 10.6 Å². The van der Waals surface area contributed by atoms with Crippen LogP contribution in [-0.4, -0.2) is 37.1 Å². The van der Waals surface area contributed by atoms with E-state index in [1.807, 2.05) is 6.92 Å². The zero-order valence-electron chi connectivity index (χ0n) is 18.2. The summed E-state index contributed by atoms with van der Waals surface area (Å²) in [4.78, 5) is 38.0. The SMILES string of the molecule is CC[C@@H](Nc1c(Nc2cccc(C(=O)N(C)C)c2O)c(=O)c1=O)c1ccc(OC)c(F)c1. The fourth-order valence-electron chi connectivity index (χ4n) is 3.34. The minimum Gasteiger partial charge on any atom is -0.505 e. The summed E-state index contributed by atoms with van der Waals surface area (Å²) in [5, 5.41) is 16.2. The Morgan fingerprint density at radius 3 is 2.44 bits per heavy atom. The summed E-state index contributed by atoms with van der Waals surface area (Å²) in [6, 6.07) is 8.50. The van der Waals surface area contributed by atoms with Gasteiger partial charge in [0.05, 0.1) is 24.4 Å². The van der Waals surface area contributed by atoms with Crippen molar-refractivity contribution >= 4 is 23.0 Å². The number of amides is 1. The number of hydrogen-bond donors (Lipinski definition) is 3. The maximum atomic E-state index is 14.1. The second-order valence-corrected chi connectivity index (χ2v) is 7.43. The quantitative estimate of drug-likeness (QED) is 0.364. The van der Waals surface area contributed by atoms with Crippen LogP contribution in [0.5, 0.6) is 11.5 Å². The van der Waals surface area contributed by atoms with Crippen LogP contribution in [-0.2, 0) is 0 Å². The molecular formula is C23H24FN3O5. The highest BCUT2D eigenvalue weighted by Crippen LogP contribution is 2.33. The van der Waals surface area contributed by atoms with Gasteiger partial charge in [0.2, 0.25) is 0 Å². The van der Waals surface area contributed by atoms with Crippen LogP contribution >= 0.6 is 0 Å². The van der Waals surface area contributed by atoms with E-state index < -0.39 is 28.6 Å². The highest BCUT2D eigenvalue weighted by Gasteiger charge is 2.26. The van der Waals surface area contributed by atoms with E-state index in [4.69, 9.17) is 4.74 Å². The number of nitrogens with one attached hydrogen (secondary N) is 2. The molecule has 0 aliphatic heterocycles. The van der Waals surface area contributed by atoms with Crippen LogP contribution in [0.2, 0.25) is 0 Å². The number of carbonyl (C=O) groups is 1. The molecule has 3 aromatic carbocycles. The number of nitrogens with zero attached hydrogens (tertiary/aromatic N) is 1. The van der Waals surface area contributed by atoms with E-state index in [1.165, 1.54) is 36.3 Å². The summed E-state index contributed by atoms with van der Waals surface area (Å²) in [5.74, 6) is -1.19. The molecule has 8 nitrogen and oxygen atoms in total. The first kappa shape index (κ1) is 22.8. The molecule has 0 aliphatic rings. The molecule has 0 saturated carbocycles. The van der Waals surface area contributed by atoms with Gasteiger partial charge in [-0.15, -0.1) is 0 Å². The number of aromatic hydroxyl groups is 1. The van der Waals surface area contributed by atoms with Crippen molar-refractivity contribution in [3.05, 3.63) is 73.8 Å². The van der Waals surface area contributed by atoms with Gasteiger partial charge in [0.1, 0.15) is 11.4 Å². The van der Waals surface area contributed by atoms with Crippen molar-refractivity contribution in [3.8, 4) is 11.5 Å². The predicted molar refractivity (Wildman–Crippen MR) is 120 cm³/mol. The molecule has 0 bridgehead atoms. The van der Waals surface area contributed by atoms with Crippen LogP contribution in [0, 0.1) is 5.82 Å². The van der Waals surface area contributed by atoms with Crippen LogP contribution in [0.25, 0.3) is 0 Å². The first-order valence-corrected chi connectivity index (χ1v) is 9.93. The number of carbonyl (C=O) groups excluding carboxylic acids is 1. The number of methoxy groups -OCH3 is 1. The fraction of sp³-hybridized carbons (Fsp3) is 0.261. The molecule has 3 N–H and O–H groups in total. The maximum Gasteiger partial charge on any atom is 0.257 e. The van der Waals surface area contributed by atoms with Crippen molar-refractivity contribution in [3.63, 3.8) is 0 Å². The number of benzene rings is 2. The minimum atomic E-state index is -0.757. The third-order valence-electron chi connectivity index (χ3n) is 5.15. The van der Waals surface area contributed by atoms with Crippen molar-refractivity contribution in [1.29, 1.82) is 0 Å². The van der Waals surface area contributed by atoms with E-state index in [-0.39, 0.29) is 34.1 Å². The number of hydrogen-bond acceptors (Lipinski definition) is 7. The molecule has 0 saturated heterocycles. The van der Waals surface area contributed by atoms with Gasteiger partial charge >= 0.3 is 0 Å². The van der Waals surface area contributed by atoms with Crippen molar-refractivity contribution in [2.24, 2.45) is 0 Å². The van der Waals surface area contributed by atoms with Gasteiger partial charge in [-0.1, -0.05) is 19.1 Å². The van der Waals surface area contributed by atoms with Crippen LogP contribution in [0.3, 0.4) is 0 Å². The van der Waals surface area contributed by atoms with Crippen molar-refractivity contribution < 1.29 is 19.0 Å². The Bertz CT molecular complexity index is 1230. The summed E-state index contributed by atoms with van der Waals surface area (Å²) in [6.45, 7) is 1.85. The number of ether oxygens (including phenoxy) is 1. The third kappa shape index (κ3) is 4.14. The van der Waals surface area contributed by atoms with Gasteiger partial charge in [-0.25, -0.2) is 4.39 Å². The Balaban J connectivity index is 1.90. The fourth-order valence-corrected chi connectivity index (χ4v) is 3.34. The molecule has 32 heavy (non-hydrogen) atoms. The molecule has 0 unspecified atom stereocenters. The minimum absolute atomic E-state index is 0.0295. The molecule has 1 atom stereocenters. The molecule has 0 aliphatic carbocycles. The summed E-state index contributed by atoms with van der Waals surface area (Å²) >= 11 is 0. The molecule has 1 amide bonds. The number of rotatable bonds is 8. The lowest BCUT2D eigenvalue weighted by Crippen LogP contribution is -2.37. The number of anilines is 3. The molecule has 3 rings (SSSR count). The highest BCUT2D eigenvalue weighted by atomic mass is 19.1. The molecule has 3 aromatic rings. The molecule has 0 radical (unpaired) electrons. The average Bonchev–Trinajstić information content (AvgIpc) is 2.78. The van der Waals surface area contributed by atoms with Crippen LogP contribution in [0.1, 0.15) is 35.3 Å². The first-order valence-electron chi connectivity index (χ1n) is 9.93. The maximum absolute atomic E-state index is 14.1. The zero-order chi connectivity index (χ0) is 23.6. The Hall–Kier alpha value is -3.88. The largest absolute Gasteiger partial charge is 0.505 e. The Morgan fingerprint density at radius 2 is 1.84 bits per heavy atom.